The predicted molar refractivity (Wildman–Crippen MR) is 80.5 cm³/mol. The van der Waals surface area contributed by atoms with Crippen LogP contribution in [0.25, 0.3) is 0 Å². The van der Waals surface area contributed by atoms with Crippen LogP contribution in [0.2, 0.25) is 0 Å². The number of hydrogen-bond acceptors (Lipinski definition) is 3. The lowest BCUT2D eigenvalue weighted by Gasteiger charge is -2.37. The Bertz CT molecular complexity index is 449. The first-order valence-electron chi connectivity index (χ1n) is 8.35. The highest BCUT2D eigenvalue weighted by Gasteiger charge is 2.31. The minimum absolute atomic E-state index is 0.683. The molecule has 2 aliphatic carbocycles. The summed E-state index contributed by atoms with van der Waals surface area (Å²) in [5.74, 6) is 3.10. The monoisotopic (exact) mass is 276 g/mol. The fourth-order valence-electron chi connectivity index (χ4n) is 3.81. The molecule has 0 spiro atoms. The summed E-state index contributed by atoms with van der Waals surface area (Å²) in [5, 5.41) is 8.77. The number of nitrogens with zero attached hydrogens (tertiary/aromatic N) is 4. The van der Waals surface area contributed by atoms with Crippen LogP contribution in [0.3, 0.4) is 0 Å². The molecule has 0 aliphatic heterocycles. The Labute approximate surface area is 122 Å². The lowest BCUT2D eigenvalue weighted by molar-refractivity contribution is 0.106. The maximum absolute atomic E-state index is 4.46. The van der Waals surface area contributed by atoms with Gasteiger partial charge in [-0.15, -0.1) is 10.2 Å². The molecule has 1 heterocycles. The Morgan fingerprint density at radius 3 is 2.55 bits per heavy atom. The van der Waals surface area contributed by atoms with Gasteiger partial charge in [0.05, 0.1) is 6.54 Å². The van der Waals surface area contributed by atoms with Crippen molar-refractivity contribution in [3.63, 3.8) is 0 Å². The molecular formula is C16H28N4. The van der Waals surface area contributed by atoms with Crippen molar-refractivity contribution in [2.45, 2.75) is 77.9 Å². The second-order valence-corrected chi connectivity index (χ2v) is 6.66. The molecule has 0 saturated heterocycles. The van der Waals surface area contributed by atoms with Crippen molar-refractivity contribution in [3.8, 4) is 0 Å². The summed E-state index contributed by atoms with van der Waals surface area (Å²) >= 11 is 0. The maximum atomic E-state index is 4.46. The van der Waals surface area contributed by atoms with Gasteiger partial charge in [-0.3, -0.25) is 4.90 Å². The quantitative estimate of drug-likeness (QED) is 0.827. The second-order valence-electron chi connectivity index (χ2n) is 6.66. The van der Waals surface area contributed by atoms with Crippen molar-refractivity contribution in [2.24, 2.45) is 5.92 Å². The molecule has 2 saturated carbocycles. The van der Waals surface area contributed by atoms with Crippen LogP contribution in [0.5, 0.6) is 0 Å². The highest BCUT2D eigenvalue weighted by Crippen LogP contribution is 2.37. The average Bonchev–Trinajstić information content (AvgIpc) is 3.21. The fraction of sp³-hybridized carbons (Fsp3) is 0.875. The van der Waals surface area contributed by atoms with E-state index in [1.807, 2.05) is 0 Å². The van der Waals surface area contributed by atoms with Crippen LogP contribution in [0, 0.1) is 12.8 Å². The Hall–Kier alpha value is -0.900. The topological polar surface area (TPSA) is 34.0 Å². The molecule has 1 aromatic heterocycles. The van der Waals surface area contributed by atoms with Crippen LogP contribution in [0.1, 0.15) is 70.1 Å². The molecule has 112 valence electrons. The lowest BCUT2D eigenvalue weighted by atomic mass is 9.85. The van der Waals surface area contributed by atoms with E-state index in [0.717, 1.165) is 30.9 Å². The molecule has 0 N–H and O–H groups in total. The molecule has 20 heavy (non-hydrogen) atoms. The van der Waals surface area contributed by atoms with Gasteiger partial charge in [0.25, 0.3) is 0 Å². The van der Waals surface area contributed by atoms with E-state index in [9.17, 15) is 0 Å². The van der Waals surface area contributed by atoms with Crippen LogP contribution in [-0.4, -0.2) is 32.3 Å². The first-order valence-corrected chi connectivity index (χ1v) is 8.35. The Morgan fingerprint density at radius 2 is 1.90 bits per heavy atom. The van der Waals surface area contributed by atoms with E-state index < -0.39 is 0 Å². The Balaban J connectivity index is 1.74. The number of hydrogen-bond donors (Lipinski definition) is 0. The second kappa shape index (κ2) is 5.84. The molecule has 0 aromatic carbocycles. The minimum atomic E-state index is 0.683. The van der Waals surface area contributed by atoms with Crippen molar-refractivity contribution < 1.29 is 0 Å². The molecule has 4 heteroatoms. The van der Waals surface area contributed by atoms with Gasteiger partial charge in [-0.05, 0) is 45.1 Å². The summed E-state index contributed by atoms with van der Waals surface area (Å²) in [4.78, 5) is 2.63. The zero-order valence-corrected chi connectivity index (χ0v) is 13.2. The van der Waals surface area contributed by atoms with Crippen LogP contribution in [-0.2, 0) is 6.54 Å². The van der Waals surface area contributed by atoms with E-state index >= 15 is 0 Å². The van der Waals surface area contributed by atoms with E-state index in [4.69, 9.17) is 0 Å². The molecule has 0 unspecified atom stereocenters. The molecule has 3 rings (SSSR count). The summed E-state index contributed by atoms with van der Waals surface area (Å²) in [5.41, 5.74) is 0. The Kier molecular flexibility index (Phi) is 4.11. The molecule has 0 bridgehead atoms. The third-order valence-corrected chi connectivity index (χ3v) is 5.13. The van der Waals surface area contributed by atoms with Crippen molar-refractivity contribution in [2.75, 3.05) is 6.54 Å². The highest BCUT2D eigenvalue weighted by atomic mass is 15.3. The van der Waals surface area contributed by atoms with Crippen LogP contribution in [0.15, 0.2) is 0 Å². The predicted octanol–water partition coefficient (Wildman–Crippen LogP) is 3.32. The van der Waals surface area contributed by atoms with E-state index in [1.54, 1.807) is 0 Å². The molecular weight excluding hydrogens is 248 g/mol. The summed E-state index contributed by atoms with van der Waals surface area (Å²) in [6.07, 6.45) is 8.14. The van der Waals surface area contributed by atoms with Gasteiger partial charge < -0.3 is 4.57 Å². The van der Waals surface area contributed by atoms with Gasteiger partial charge in [0, 0.05) is 12.1 Å². The van der Waals surface area contributed by atoms with Gasteiger partial charge in [-0.25, -0.2) is 0 Å². The third kappa shape index (κ3) is 2.76. The highest BCUT2D eigenvalue weighted by molar-refractivity contribution is 5.02. The van der Waals surface area contributed by atoms with Gasteiger partial charge in [0.15, 0.2) is 0 Å². The molecule has 1 aromatic rings. The number of rotatable bonds is 5. The van der Waals surface area contributed by atoms with E-state index in [-0.39, 0.29) is 0 Å². The van der Waals surface area contributed by atoms with Gasteiger partial charge in [-0.1, -0.05) is 26.7 Å². The maximum Gasteiger partial charge on any atom is 0.147 e. The van der Waals surface area contributed by atoms with Gasteiger partial charge in [0.2, 0.25) is 0 Å². The summed E-state index contributed by atoms with van der Waals surface area (Å²) in [7, 11) is 0. The normalized spacial score (nSPS) is 27.2. The lowest BCUT2D eigenvalue weighted by Crippen LogP contribution is -2.41. The van der Waals surface area contributed by atoms with Crippen LogP contribution < -0.4 is 0 Å². The summed E-state index contributed by atoms with van der Waals surface area (Å²) < 4.78 is 2.39. The zero-order chi connectivity index (χ0) is 14.1. The SMILES string of the molecule is CCN(Cc1nnc(C)n1C1CC1)[C@H]1CCCC[C@H]1C. The zero-order valence-electron chi connectivity index (χ0n) is 13.2. The first-order chi connectivity index (χ1) is 9.70. The van der Waals surface area contributed by atoms with E-state index in [0.29, 0.717) is 6.04 Å². The van der Waals surface area contributed by atoms with Gasteiger partial charge in [-0.2, -0.15) is 0 Å². The van der Waals surface area contributed by atoms with Crippen molar-refractivity contribution in [1.29, 1.82) is 0 Å². The molecule has 2 aliphatic rings. The van der Waals surface area contributed by atoms with Crippen molar-refractivity contribution in [3.05, 3.63) is 11.6 Å². The Morgan fingerprint density at radius 1 is 1.15 bits per heavy atom. The first kappa shape index (κ1) is 14.1. The van der Waals surface area contributed by atoms with Crippen molar-refractivity contribution >= 4 is 0 Å². The molecule has 4 nitrogen and oxygen atoms in total. The molecule has 2 atom stereocenters. The number of aryl methyl sites for hydroxylation is 1. The largest absolute Gasteiger partial charge is 0.311 e. The summed E-state index contributed by atoms with van der Waals surface area (Å²) in [6.45, 7) is 8.89. The molecule has 0 radical (unpaired) electrons. The standard InChI is InChI=1S/C16H28N4/c1-4-19(15-8-6-5-7-12(15)2)11-16-18-17-13(3)20(16)14-9-10-14/h12,14-15H,4-11H2,1-3H3/t12-,15+/m1/s1. The van der Waals surface area contributed by atoms with Gasteiger partial charge in [0.1, 0.15) is 11.6 Å². The third-order valence-electron chi connectivity index (χ3n) is 5.13. The van der Waals surface area contributed by atoms with E-state index in [1.165, 1.54) is 44.3 Å². The average molecular weight is 276 g/mol. The van der Waals surface area contributed by atoms with Crippen LogP contribution >= 0.6 is 0 Å². The van der Waals surface area contributed by atoms with Gasteiger partial charge >= 0.3 is 0 Å². The smallest absolute Gasteiger partial charge is 0.147 e. The molecule has 0 amide bonds. The summed E-state index contributed by atoms with van der Waals surface area (Å²) in [6, 6.07) is 1.42. The van der Waals surface area contributed by atoms with Crippen molar-refractivity contribution in [1.82, 2.24) is 19.7 Å². The van der Waals surface area contributed by atoms with E-state index in [2.05, 4.69) is 40.4 Å². The van der Waals surface area contributed by atoms with Crippen LogP contribution in [0.4, 0.5) is 0 Å². The molecule has 2 fully saturated rings. The minimum Gasteiger partial charge on any atom is -0.311 e. The number of aromatic nitrogens is 3. The fourth-order valence-corrected chi connectivity index (χ4v) is 3.81.